The number of hydrogen-bond acceptors (Lipinski definition) is 1. The minimum Gasteiger partial charge on any atom is -0.412 e. The minimum absolute atomic E-state index is 0. The number of piperidine rings is 1. The quantitative estimate of drug-likeness (QED) is 0.444. The first kappa shape index (κ1) is 8.35. The molecule has 0 aromatic carbocycles. The van der Waals surface area contributed by atoms with E-state index in [1.807, 2.05) is 0 Å². The van der Waals surface area contributed by atoms with Gasteiger partial charge in [-0.3, -0.25) is 4.67 Å². The van der Waals surface area contributed by atoms with Crippen LogP contribution in [0.25, 0.3) is 0 Å². The molecule has 0 aromatic rings. The largest absolute Gasteiger partial charge is 0.412 e. The van der Waals surface area contributed by atoms with Gasteiger partial charge in [-0.1, -0.05) is 15.8 Å². The zero-order chi connectivity index (χ0) is 5.11. The van der Waals surface area contributed by atoms with Crippen LogP contribution in [-0.2, 0) is 0 Å². The average Bonchev–Trinajstić information content (AvgIpc) is 1.69. The van der Waals surface area contributed by atoms with Crippen LogP contribution < -0.4 is 0 Å². The Kier molecular flexibility index (Phi) is 4.44. The van der Waals surface area contributed by atoms with Crippen LogP contribution in [0.15, 0.2) is 0 Å². The van der Waals surface area contributed by atoms with Gasteiger partial charge in [-0.15, -0.1) is 0 Å². The van der Waals surface area contributed by atoms with Crippen LogP contribution in [0.3, 0.4) is 0 Å². The summed E-state index contributed by atoms with van der Waals surface area (Å²) in [6.07, 6.45) is 4.22. The lowest BCUT2D eigenvalue weighted by Crippen LogP contribution is -2.18. The van der Waals surface area contributed by atoms with E-state index < -0.39 is 0 Å². The van der Waals surface area contributed by atoms with Crippen molar-refractivity contribution < 1.29 is 5.48 Å². The zero-order valence-electron chi connectivity index (χ0n) is 5.06. The molecule has 1 rings (SSSR count). The van der Waals surface area contributed by atoms with Crippen molar-refractivity contribution in [3.05, 3.63) is 0 Å². The van der Waals surface area contributed by atoms with Gasteiger partial charge in [0.2, 0.25) is 0 Å². The first-order chi connectivity index (χ1) is 3.39. The van der Waals surface area contributed by atoms with Crippen LogP contribution in [0.2, 0.25) is 0 Å². The lowest BCUT2D eigenvalue weighted by atomic mass is 10.2. The Morgan fingerprint density at radius 2 is 1.50 bits per heavy atom. The second kappa shape index (κ2) is 4.25. The van der Waals surface area contributed by atoms with E-state index in [9.17, 15) is 0 Å². The highest BCUT2D eigenvalue weighted by Crippen LogP contribution is 2.11. The van der Waals surface area contributed by atoms with Crippen molar-refractivity contribution in [1.82, 2.24) is 4.67 Å². The summed E-state index contributed by atoms with van der Waals surface area (Å²) in [4.78, 5) is 0. The van der Waals surface area contributed by atoms with E-state index in [1.165, 1.54) is 32.4 Å². The van der Waals surface area contributed by atoms with Crippen LogP contribution in [0, 0.1) is 0 Å². The van der Waals surface area contributed by atoms with Crippen LogP contribution in [0.1, 0.15) is 19.3 Å². The van der Waals surface area contributed by atoms with Crippen molar-refractivity contribution in [1.29, 1.82) is 0 Å². The second-order valence-electron chi connectivity index (χ2n) is 2.10. The van der Waals surface area contributed by atoms with E-state index in [0.717, 1.165) is 0 Å². The Morgan fingerprint density at radius 1 is 1.00 bits per heavy atom. The van der Waals surface area contributed by atoms with E-state index in [-0.39, 0.29) is 5.48 Å². The summed E-state index contributed by atoms with van der Waals surface area (Å²) in [5, 5.41) is 0. The Morgan fingerprint density at radius 3 is 1.75 bits per heavy atom. The molecule has 1 atom stereocenters. The molecule has 2 nitrogen and oxygen atoms in total. The Bertz CT molecular complexity index is 54.4. The third-order valence-electron chi connectivity index (χ3n) is 1.39. The second-order valence-corrected chi connectivity index (χ2v) is 2.83. The third kappa shape index (κ3) is 2.61. The molecule has 8 heavy (non-hydrogen) atoms. The molecule has 0 aromatic heterocycles. The fraction of sp³-hybridized carbons (Fsp3) is 1.00. The summed E-state index contributed by atoms with van der Waals surface area (Å²) < 4.78 is 2.31. The summed E-state index contributed by atoms with van der Waals surface area (Å²) in [7, 11) is 2.74. The Hall–Kier alpha value is 0.350. The summed E-state index contributed by atoms with van der Waals surface area (Å²) in [6.45, 7) is 2.56. The van der Waals surface area contributed by atoms with Gasteiger partial charge in [0, 0.05) is 13.1 Å². The van der Waals surface area contributed by atoms with Crippen LogP contribution in [-0.4, -0.2) is 23.2 Å². The van der Waals surface area contributed by atoms with Crippen molar-refractivity contribution in [2.24, 2.45) is 0 Å². The molecule has 0 saturated carbocycles. The van der Waals surface area contributed by atoms with E-state index in [0.29, 0.717) is 0 Å². The van der Waals surface area contributed by atoms with Gasteiger partial charge in [-0.05, 0) is 12.8 Å². The highest BCUT2D eigenvalue weighted by atomic mass is 31.0. The van der Waals surface area contributed by atoms with Crippen molar-refractivity contribution >= 4 is 9.39 Å². The standard InChI is InChI=1S/C5H12NP.H2O/c7-6-4-2-1-3-5-6;/h1-5,7H2;1H2. The molecule has 1 aliphatic heterocycles. The SMILES string of the molecule is O.PN1CCCCC1. The Balaban J connectivity index is 0.000000490. The molecule has 1 fully saturated rings. The van der Waals surface area contributed by atoms with Crippen molar-refractivity contribution in [3.8, 4) is 0 Å². The maximum atomic E-state index is 2.74. The molecule has 0 bridgehead atoms. The Labute approximate surface area is 52.8 Å². The smallest absolute Gasteiger partial charge is 0.00161 e. The monoisotopic (exact) mass is 135 g/mol. The van der Waals surface area contributed by atoms with Gasteiger partial charge in [-0.2, -0.15) is 0 Å². The van der Waals surface area contributed by atoms with Crippen LogP contribution >= 0.6 is 9.39 Å². The zero-order valence-corrected chi connectivity index (χ0v) is 6.21. The first-order valence-corrected chi connectivity index (χ1v) is 3.41. The van der Waals surface area contributed by atoms with Crippen molar-refractivity contribution in [2.75, 3.05) is 13.1 Å². The molecule has 3 heteroatoms. The predicted molar refractivity (Wildman–Crippen MR) is 38.7 cm³/mol. The topological polar surface area (TPSA) is 34.7 Å². The molecule has 2 N–H and O–H groups in total. The molecule has 50 valence electrons. The molecule has 0 aliphatic carbocycles. The maximum Gasteiger partial charge on any atom is 0.00161 e. The lowest BCUT2D eigenvalue weighted by Gasteiger charge is -2.20. The van der Waals surface area contributed by atoms with E-state index in [4.69, 9.17) is 0 Å². The van der Waals surface area contributed by atoms with E-state index in [1.54, 1.807) is 0 Å². The molecule has 1 aliphatic rings. The summed E-state index contributed by atoms with van der Waals surface area (Å²) in [5.74, 6) is 0. The third-order valence-corrected chi connectivity index (χ3v) is 1.91. The summed E-state index contributed by atoms with van der Waals surface area (Å²) in [5.41, 5.74) is 0. The van der Waals surface area contributed by atoms with Crippen LogP contribution in [0.5, 0.6) is 0 Å². The molecular formula is C5H14NOP. The highest BCUT2D eigenvalue weighted by molar-refractivity contribution is 7.13. The van der Waals surface area contributed by atoms with Gasteiger partial charge < -0.3 is 5.48 Å². The molecule has 0 radical (unpaired) electrons. The summed E-state index contributed by atoms with van der Waals surface area (Å²) in [6, 6.07) is 0. The van der Waals surface area contributed by atoms with E-state index >= 15 is 0 Å². The lowest BCUT2D eigenvalue weighted by molar-refractivity contribution is 0.379. The first-order valence-electron chi connectivity index (χ1n) is 2.89. The number of nitrogens with zero attached hydrogens (tertiary/aromatic N) is 1. The van der Waals surface area contributed by atoms with Gasteiger partial charge in [0.1, 0.15) is 0 Å². The van der Waals surface area contributed by atoms with Crippen molar-refractivity contribution in [3.63, 3.8) is 0 Å². The average molecular weight is 135 g/mol. The van der Waals surface area contributed by atoms with Gasteiger partial charge in [0.25, 0.3) is 0 Å². The fourth-order valence-electron chi connectivity index (χ4n) is 0.918. The van der Waals surface area contributed by atoms with Gasteiger partial charge in [0.05, 0.1) is 0 Å². The number of hydrogen-bond donors (Lipinski definition) is 0. The molecular weight excluding hydrogens is 121 g/mol. The van der Waals surface area contributed by atoms with Crippen molar-refractivity contribution in [2.45, 2.75) is 19.3 Å². The summed E-state index contributed by atoms with van der Waals surface area (Å²) >= 11 is 0. The minimum atomic E-state index is 0. The highest BCUT2D eigenvalue weighted by Gasteiger charge is 2.02. The molecule has 1 heterocycles. The van der Waals surface area contributed by atoms with Gasteiger partial charge in [-0.25, -0.2) is 0 Å². The number of rotatable bonds is 0. The van der Waals surface area contributed by atoms with Gasteiger partial charge in [0.15, 0.2) is 0 Å². The molecule has 0 amide bonds. The molecule has 1 unspecified atom stereocenters. The van der Waals surface area contributed by atoms with Crippen LogP contribution in [0.4, 0.5) is 0 Å². The fourth-order valence-corrected chi connectivity index (χ4v) is 1.28. The maximum absolute atomic E-state index is 2.74. The molecule has 1 saturated heterocycles. The van der Waals surface area contributed by atoms with E-state index in [2.05, 4.69) is 14.1 Å². The predicted octanol–water partition coefficient (Wildman–Crippen LogP) is 0.438. The molecule has 0 spiro atoms. The normalized spacial score (nSPS) is 22.1. The van der Waals surface area contributed by atoms with Gasteiger partial charge >= 0.3 is 0 Å².